The summed E-state index contributed by atoms with van der Waals surface area (Å²) < 4.78 is 0. The molecule has 3 heteroatoms. The van der Waals surface area contributed by atoms with Gasteiger partial charge in [0.25, 0.3) is 0 Å². The van der Waals surface area contributed by atoms with E-state index < -0.39 is 6.10 Å². The monoisotopic (exact) mass is 353 g/mol. The lowest BCUT2D eigenvalue weighted by Gasteiger charge is -2.23. The first-order chi connectivity index (χ1) is 12.6. The van der Waals surface area contributed by atoms with Crippen molar-refractivity contribution in [3.63, 3.8) is 0 Å². The maximum atomic E-state index is 13.0. The van der Waals surface area contributed by atoms with Crippen LogP contribution in [0.1, 0.15) is 45.4 Å². The fraction of sp³-hybridized carbons (Fsp3) is 0.435. The number of nitrogens with one attached hydrogen (secondary N) is 1. The van der Waals surface area contributed by atoms with Gasteiger partial charge in [-0.05, 0) is 49.7 Å². The number of allylic oxidation sites excluding steroid dienone is 8. The van der Waals surface area contributed by atoms with E-state index in [4.69, 9.17) is 0 Å². The Hall–Kier alpha value is -2.13. The molecule has 1 amide bonds. The zero-order chi connectivity index (χ0) is 18.9. The first-order valence-corrected chi connectivity index (χ1v) is 9.56. The average molecular weight is 354 g/mol. The highest BCUT2D eigenvalue weighted by atomic mass is 16.3. The lowest BCUT2D eigenvalue weighted by atomic mass is 9.91. The van der Waals surface area contributed by atoms with Gasteiger partial charge in [0.05, 0.1) is 12.1 Å². The number of amides is 1. The van der Waals surface area contributed by atoms with Gasteiger partial charge in [0.15, 0.2) is 0 Å². The summed E-state index contributed by atoms with van der Waals surface area (Å²) in [5.74, 6) is -0.259. The van der Waals surface area contributed by atoms with Crippen molar-refractivity contribution >= 4 is 5.91 Å². The summed E-state index contributed by atoms with van der Waals surface area (Å²) in [6.07, 6.45) is 17.9. The maximum Gasteiger partial charge on any atom is 0.224 e. The Bertz CT molecular complexity index is 651. The van der Waals surface area contributed by atoms with Crippen molar-refractivity contribution in [2.45, 2.75) is 57.6 Å². The molecule has 0 radical (unpaired) electrons. The topological polar surface area (TPSA) is 49.3 Å². The number of hydrogen-bond acceptors (Lipinski definition) is 2. The van der Waals surface area contributed by atoms with Crippen LogP contribution in [0.15, 0.2) is 72.4 Å². The molecule has 2 N–H and O–H groups in total. The molecule has 0 bridgehead atoms. The normalized spacial score (nSPS) is 21.8. The summed E-state index contributed by atoms with van der Waals surface area (Å²) in [6.45, 7) is 9.48. The van der Waals surface area contributed by atoms with Gasteiger partial charge in [0.1, 0.15) is 0 Å². The third kappa shape index (κ3) is 5.43. The summed E-state index contributed by atoms with van der Waals surface area (Å²) in [5, 5.41) is 13.3. The van der Waals surface area contributed by atoms with E-state index in [0.29, 0.717) is 19.3 Å². The first kappa shape index (κ1) is 20.2. The predicted molar refractivity (Wildman–Crippen MR) is 109 cm³/mol. The molecule has 0 fully saturated rings. The molecule has 26 heavy (non-hydrogen) atoms. The van der Waals surface area contributed by atoms with Crippen molar-refractivity contribution in [2.75, 3.05) is 0 Å². The summed E-state index contributed by atoms with van der Waals surface area (Å²) in [4.78, 5) is 13.0. The molecule has 2 rings (SSSR count). The highest BCUT2D eigenvalue weighted by Crippen LogP contribution is 2.32. The summed E-state index contributed by atoms with van der Waals surface area (Å²) in [6, 6.07) is 0.0745. The van der Waals surface area contributed by atoms with Crippen LogP contribution in [0.2, 0.25) is 0 Å². The summed E-state index contributed by atoms with van der Waals surface area (Å²) >= 11 is 0. The Balaban J connectivity index is 2.10. The lowest BCUT2D eigenvalue weighted by molar-refractivity contribution is -0.126. The molecule has 140 valence electrons. The second-order valence-corrected chi connectivity index (χ2v) is 7.03. The van der Waals surface area contributed by atoms with E-state index in [1.165, 1.54) is 11.1 Å². The second kappa shape index (κ2) is 10.1. The van der Waals surface area contributed by atoms with Crippen LogP contribution in [-0.4, -0.2) is 23.2 Å². The first-order valence-electron chi connectivity index (χ1n) is 9.56. The quantitative estimate of drug-likeness (QED) is 0.598. The zero-order valence-corrected chi connectivity index (χ0v) is 15.8. The standard InChI is InChI=1S/C23H31NO2/c1-4-10-17(5-2)15-19(16-20(25)6-3)23(26)24-22-14-13-18-11-8-7-9-12-21(18)22/h4-5,7-10,12,19-20,22,25H,1-2,6,11,13-16H2,3H3,(H,24,26)/b17-10+/t19-,20?,22?/m1/s1. The highest BCUT2D eigenvalue weighted by Gasteiger charge is 2.29. The minimum atomic E-state index is -0.471. The van der Waals surface area contributed by atoms with Crippen molar-refractivity contribution < 1.29 is 9.90 Å². The summed E-state index contributed by atoms with van der Waals surface area (Å²) in [5.41, 5.74) is 3.64. The largest absolute Gasteiger partial charge is 0.393 e. The molecule has 0 aromatic carbocycles. The number of aliphatic hydroxyl groups excluding tert-OH is 1. The third-order valence-electron chi connectivity index (χ3n) is 5.20. The van der Waals surface area contributed by atoms with Crippen LogP contribution in [0.4, 0.5) is 0 Å². The molecule has 2 aliphatic rings. The van der Waals surface area contributed by atoms with Crippen LogP contribution < -0.4 is 5.32 Å². The fourth-order valence-electron chi connectivity index (χ4n) is 3.64. The van der Waals surface area contributed by atoms with Gasteiger partial charge in [-0.1, -0.05) is 68.2 Å². The molecule has 2 aliphatic carbocycles. The summed E-state index contributed by atoms with van der Waals surface area (Å²) in [7, 11) is 0. The van der Waals surface area contributed by atoms with Crippen molar-refractivity contribution in [3.8, 4) is 0 Å². The maximum absolute atomic E-state index is 13.0. The van der Waals surface area contributed by atoms with Crippen LogP contribution in [-0.2, 0) is 4.79 Å². The Labute approximate surface area is 157 Å². The molecular weight excluding hydrogens is 322 g/mol. The van der Waals surface area contributed by atoms with Gasteiger partial charge in [0.2, 0.25) is 5.91 Å². The van der Waals surface area contributed by atoms with Crippen molar-refractivity contribution in [3.05, 3.63) is 72.4 Å². The van der Waals surface area contributed by atoms with Crippen molar-refractivity contribution in [1.29, 1.82) is 0 Å². The van der Waals surface area contributed by atoms with E-state index in [0.717, 1.165) is 24.8 Å². The number of hydrogen-bond donors (Lipinski definition) is 2. The van der Waals surface area contributed by atoms with Gasteiger partial charge >= 0.3 is 0 Å². The Morgan fingerprint density at radius 1 is 1.42 bits per heavy atom. The fourth-order valence-corrected chi connectivity index (χ4v) is 3.64. The Kier molecular flexibility index (Phi) is 7.86. The molecule has 0 saturated heterocycles. The highest BCUT2D eigenvalue weighted by molar-refractivity contribution is 5.80. The Morgan fingerprint density at radius 2 is 2.23 bits per heavy atom. The minimum absolute atomic E-state index is 0.0127. The van der Waals surface area contributed by atoms with E-state index in [1.54, 1.807) is 12.2 Å². The van der Waals surface area contributed by atoms with Crippen molar-refractivity contribution in [1.82, 2.24) is 5.32 Å². The molecule has 0 aromatic rings. The second-order valence-electron chi connectivity index (χ2n) is 7.03. The van der Waals surface area contributed by atoms with Crippen LogP contribution in [0.5, 0.6) is 0 Å². The molecule has 0 spiro atoms. The minimum Gasteiger partial charge on any atom is -0.393 e. The molecule has 0 heterocycles. The number of carbonyl (C=O) groups is 1. The number of aliphatic hydroxyl groups is 1. The van der Waals surface area contributed by atoms with Crippen LogP contribution >= 0.6 is 0 Å². The molecular formula is C23H31NO2. The molecule has 3 nitrogen and oxygen atoms in total. The van der Waals surface area contributed by atoms with Gasteiger partial charge in [-0.15, -0.1) is 0 Å². The van der Waals surface area contributed by atoms with E-state index in [2.05, 4.69) is 36.7 Å². The van der Waals surface area contributed by atoms with E-state index in [-0.39, 0.29) is 17.9 Å². The SMILES string of the molecule is C=C/C=C(\C=C)C[C@H](CC(O)CC)C(=O)NC1CCC2=C1C=CC=CC2. The molecule has 0 aliphatic heterocycles. The lowest BCUT2D eigenvalue weighted by Crippen LogP contribution is -2.39. The Morgan fingerprint density at radius 3 is 2.92 bits per heavy atom. The molecule has 0 aromatic heterocycles. The van der Waals surface area contributed by atoms with Crippen molar-refractivity contribution in [2.24, 2.45) is 5.92 Å². The van der Waals surface area contributed by atoms with Gasteiger partial charge in [-0.2, -0.15) is 0 Å². The van der Waals surface area contributed by atoms with E-state index >= 15 is 0 Å². The zero-order valence-electron chi connectivity index (χ0n) is 15.8. The van der Waals surface area contributed by atoms with E-state index in [9.17, 15) is 9.90 Å². The van der Waals surface area contributed by atoms with E-state index in [1.807, 2.05) is 19.1 Å². The van der Waals surface area contributed by atoms with Gasteiger partial charge in [0, 0.05) is 5.92 Å². The molecule has 0 saturated carbocycles. The van der Waals surface area contributed by atoms with Gasteiger partial charge in [-0.3, -0.25) is 4.79 Å². The van der Waals surface area contributed by atoms with Crippen LogP contribution in [0.25, 0.3) is 0 Å². The van der Waals surface area contributed by atoms with Crippen LogP contribution in [0.3, 0.4) is 0 Å². The molecule has 2 unspecified atom stereocenters. The number of carbonyl (C=O) groups excluding carboxylic acids is 1. The molecule has 3 atom stereocenters. The predicted octanol–water partition coefficient (Wildman–Crippen LogP) is 4.54. The van der Waals surface area contributed by atoms with Gasteiger partial charge in [-0.25, -0.2) is 0 Å². The van der Waals surface area contributed by atoms with Gasteiger partial charge < -0.3 is 10.4 Å². The number of rotatable bonds is 9. The third-order valence-corrected chi connectivity index (χ3v) is 5.20. The smallest absolute Gasteiger partial charge is 0.224 e. The average Bonchev–Trinajstić information content (AvgIpc) is 2.86. The van der Waals surface area contributed by atoms with Crippen LogP contribution in [0, 0.1) is 5.92 Å².